The number of hydrogen-bond donors (Lipinski definition) is 0. The quantitative estimate of drug-likeness (QED) is 0.728. The van der Waals surface area contributed by atoms with Crippen LogP contribution in [0.4, 0.5) is 0 Å². The first-order valence-corrected chi connectivity index (χ1v) is 6.58. The topological polar surface area (TPSA) is 46.2 Å². The zero-order chi connectivity index (χ0) is 11.2. The van der Waals surface area contributed by atoms with Crippen LogP contribution in [0.1, 0.15) is 25.7 Å². The van der Waals surface area contributed by atoms with Gasteiger partial charge >= 0.3 is 0 Å². The van der Waals surface area contributed by atoms with Crippen molar-refractivity contribution in [3.8, 4) is 0 Å². The molecular weight excluding hydrogens is 224 g/mol. The Bertz CT molecular complexity index is 245. The molecule has 4 heterocycles. The third-order valence-electron chi connectivity index (χ3n) is 4.18. The smallest absolute Gasteiger partial charge is 0.164 e. The van der Waals surface area contributed by atoms with Crippen molar-refractivity contribution in [2.75, 3.05) is 13.2 Å². The van der Waals surface area contributed by atoms with E-state index in [1.165, 1.54) is 0 Å². The minimum atomic E-state index is -0.158. The molecule has 0 radical (unpaired) electrons. The molecule has 0 saturated carbocycles. The SMILES string of the molecule is C1CC2CC(OC3CC4CCOC4O3)OC2O1. The third-order valence-corrected chi connectivity index (χ3v) is 4.18. The van der Waals surface area contributed by atoms with Crippen LogP contribution in [0.25, 0.3) is 0 Å². The third kappa shape index (κ3) is 1.90. The molecule has 0 spiro atoms. The molecule has 5 heteroatoms. The fourth-order valence-corrected chi connectivity index (χ4v) is 3.22. The average Bonchev–Trinajstić information content (AvgIpc) is 2.93. The molecule has 0 aromatic rings. The van der Waals surface area contributed by atoms with E-state index < -0.39 is 0 Å². The van der Waals surface area contributed by atoms with Crippen LogP contribution in [0.15, 0.2) is 0 Å². The second-order valence-corrected chi connectivity index (χ2v) is 5.31. The molecule has 0 bridgehead atoms. The molecule has 4 saturated heterocycles. The summed E-state index contributed by atoms with van der Waals surface area (Å²) >= 11 is 0. The van der Waals surface area contributed by atoms with E-state index in [1.807, 2.05) is 0 Å². The van der Waals surface area contributed by atoms with Gasteiger partial charge in [0.2, 0.25) is 0 Å². The van der Waals surface area contributed by atoms with E-state index in [1.54, 1.807) is 0 Å². The van der Waals surface area contributed by atoms with E-state index in [-0.39, 0.29) is 25.2 Å². The van der Waals surface area contributed by atoms with E-state index in [0.29, 0.717) is 11.8 Å². The minimum Gasteiger partial charge on any atom is -0.352 e. The van der Waals surface area contributed by atoms with Gasteiger partial charge in [-0.25, -0.2) is 0 Å². The Morgan fingerprint density at radius 2 is 1.29 bits per heavy atom. The van der Waals surface area contributed by atoms with Gasteiger partial charge in [0, 0.05) is 24.7 Å². The lowest BCUT2D eigenvalue weighted by atomic mass is 10.1. The molecule has 4 rings (SSSR count). The second-order valence-electron chi connectivity index (χ2n) is 5.31. The van der Waals surface area contributed by atoms with Crippen LogP contribution in [-0.2, 0) is 23.7 Å². The van der Waals surface area contributed by atoms with Crippen molar-refractivity contribution in [3.05, 3.63) is 0 Å². The highest BCUT2D eigenvalue weighted by molar-refractivity contribution is 4.80. The molecule has 6 atom stereocenters. The van der Waals surface area contributed by atoms with Gasteiger partial charge in [-0.1, -0.05) is 0 Å². The largest absolute Gasteiger partial charge is 0.352 e. The van der Waals surface area contributed by atoms with Crippen LogP contribution in [0.3, 0.4) is 0 Å². The van der Waals surface area contributed by atoms with Gasteiger partial charge in [-0.15, -0.1) is 0 Å². The summed E-state index contributed by atoms with van der Waals surface area (Å²) < 4.78 is 28.2. The summed E-state index contributed by atoms with van der Waals surface area (Å²) in [5.74, 6) is 1.02. The van der Waals surface area contributed by atoms with Crippen LogP contribution in [0.2, 0.25) is 0 Å². The van der Waals surface area contributed by atoms with E-state index >= 15 is 0 Å². The van der Waals surface area contributed by atoms with Crippen LogP contribution in [0, 0.1) is 11.8 Å². The van der Waals surface area contributed by atoms with Crippen LogP contribution in [0.5, 0.6) is 0 Å². The summed E-state index contributed by atoms with van der Waals surface area (Å²) in [4.78, 5) is 0. The number of fused-ring (bicyclic) bond motifs is 2. The molecule has 17 heavy (non-hydrogen) atoms. The lowest BCUT2D eigenvalue weighted by molar-refractivity contribution is -0.275. The molecular formula is C12H18O5. The summed E-state index contributed by atoms with van der Waals surface area (Å²) in [7, 11) is 0. The number of rotatable bonds is 2. The van der Waals surface area contributed by atoms with Gasteiger partial charge in [0.25, 0.3) is 0 Å². The van der Waals surface area contributed by atoms with Crippen molar-refractivity contribution in [3.63, 3.8) is 0 Å². The molecule has 0 N–H and O–H groups in total. The molecule has 4 aliphatic heterocycles. The Hall–Kier alpha value is -0.200. The molecule has 0 aliphatic carbocycles. The van der Waals surface area contributed by atoms with Crippen molar-refractivity contribution in [2.45, 2.75) is 50.8 Å². The molecule has 96 valence electrons. The first-order chi connectivity index (χ1) is 8.38. The number of hydrogen-bond acceptors (Lipinski definition) is 5. The van der Waals surface area contributed by atoms with Crippen molar-refractivity contribution < 1.29 is 23.7 Å². The van der Waals surface area contributed by atoms with E-state index in [0.717, 1.165) is 38.9 Å². The van der Waals surface area contributed by atoms with Gasteiger partial charge < -0.3 is 23.7 Å². The number of ether oxygens (including phenoxy) is 5. The lowest BCUT2D eigenvalue weighted by Gasteiger charge is -2.19. The van der Waals surface area contributed by atoms with Gasteiger partial charge in [-0.3, -0.25) is 0 Å². The highest BCUT2D eigenvalue weighted by atomic mass is 16.8. The molecule has 0 aromatic heterocycles. The summed E-state index contributed by atoms with van der Waals surface area (Å²) in [6, 6.07) is 0. The maximum absolute atomic E-state index is 5.84. The van der Waals surface area contributed by atoms with Crippen molar-refractivity contribution >= 4 is 0 Å². The Labute approximate surface area is 100 Å². The molecule has 0 aromatic carbocycles. The second kappa shape index (κ2) is 4.17. The molecule has 0 amide bonds. The zero-order valence-corrected chi connectivity index (χ0v) is 9.75. The van der Waals surface area contributed by atoms with E-state index in [2.05, 4.69) is 0 Å². The highest BCUT2D eigenvalue weighted by Gasteiger charge is 2.45. The van der Waals surface area contributed by atoms with Gasteiger partial charge in [0.15, 0.2) is 25.2 Å². The molecule has 4 aliphatic rings. The normalized spacial score (nSPS) is 52.9. The first kappa shape index (κ1) is 10.7. The standard InChI is InChI=1S/C12H18O5/c1-3-13-11-7(1)5-9(16-11)15-10-6-8-2-4-14-12(8)17-10/h7-12H,1-6H2. The minimum absolute atomic E-state index is 0.0443. The predicted molar refractivity (Wildman–Crippen MR) is 55.8 cm³/mol. The molecule has 6 unspecified atom stereocenters. The Morgan fingerprint density at radius 3 is 1.76 bits per heavy atom. The van der Waals surface area contributed by atoms with Gasteiger partial charge in [0.05, 0.1) is 13.2 Å². The summed E-state index contributed by atoms with van der Waals surface area (Å²) in [6.07, 6.45) is 3.63. The van der Waals surface area contributed by atoms with Crippen molar-refractivity contribution in [2.24, 2.45) is 11.8 Å². The molecule has 4 fully saturated rings. The van der Waals surface area contributed by atoms with Crippen LogP contribution < -0.4 is 0 Å². The van der Waals surface area contributed by atoms with Crippen LogP contribution >= 0.6 is 0 Å². The lowest BCUT2D eigenvalue weighted by Crippen LogP contribution is -2.24. The fraction of sp³-hybridized carbons (Fsp3) is 1.00. The van der Waals surface area contributed by atoms with Gasteiger partial charge in [-0.2, -0.15) is 0 Å². The maximum atomic E-state index is 5.84. The average molecular weight is 242 g/mol. The zero-order valence-electron chi connectivity index (χ0n) is 9.75. The predicted octanol–water partition coefficient (Wildman–Crippen LogP) is 1.22. The summed E-state index contributed by atoms with van der Waals surface area (Å²) in [6.45, 7) is 1.64. The summed E-state index contributed by atoms with van der Waals surface area (Å²) in [5, 5.41) is 0. The Morgan fingerprint density at radius 1 is 0.765 bits per heavy atom. The Kier molecular flexibility index (Phi) is 2.63. The van der Waals surface area contributed by atoms with Crippen LogP contribution in [-0.4, -0.2) is 38.4 Å². The maximum Gasteiger partial charge on any atom is 0.164 e. The molecule has 5 nitrogen and oxygen atoms in total. The van der Waals surface area contributed by atoms with Crippen molar-refractivity contribution in [1.82, 2.24) is 0 Å². The van der Waals surface area contributed by atoms with Gasteiger partial charge in [0.1, 0.15) is 0 Å². The summed E-state index contributed by atoms with van der Waals surface area (Å²) in [5.41, 5.74) is 0. The highest BCUT2D eigenvalue weighted by Crippen LogP contribution is 2.39. The van der Waals surface area contributed by atoms with Crippen molar-refractivity contribution in [1.29, 1.82) is 0 Å². The first-order valence-electron chi connectivity index (χ1n) is 6.58. The Balaban J connectivity index is 1.31. The van der Waals surface area contributed by atoms with E-state index in [4.69, 9.17) is 23.7 Å². The fourth-order valence-electron chi connectivity index (χ4n) is 3.22. The van der Waals surface area contributed by atoms with Gasteiger partial charge in [-0.05, 0) is 12.8 Å². The monoisotopic (exact) mass is 242 g/mol. The van der Waals surface area contributed by atoms with E-state index in [9.17, 15) is 0 Å².